The molecular weight excluding hydrogens is 709 g/mol. The number of carbonyl (C=O) groups excluding carboxylic acids is 3. The molecule has 57 heavy (non-hydrogen) atoms. The minimum Gasteiger partial charge on any atom is -0.462 e. The Hall–Kier alpha value is -1.85. The van der Waals surface area contributed by atoms with Crippen molar-refractivity contribution in [2.24, 2.45) is 0 Å². The van der Waals surface area contributed by atoms with Gasteiger partial charge >= 0.3 is 17.9 Å². The number of allylic oxidation sites excluding steroid dienone is 2. The molecule has 0 aromatic rings. The van der Waals surface area contributed by atoms with Crippen molar-refractivity contribution in [2.75, 3.05) is 13.2 Å². The van der Waals surface area contributed by atoms with Crippen molar-refractivity contribution >= 4 is 17.9 Å². The zero-order valence-electron chi connectivity index (χ0n) is 38.4. The van der Waals surface area contributed by atoms with Crippen LogP contribution in [-0.4, -0.2) is 37.2 Å². The molecule has 0 aliphatic rings. The van der Waals surface area contributed by atoms with Crippen LogP contribution in [0.2, 0.25) is 0 Å². The smallest absolute Gasteiger partial charge is 0.306 e. The molecule has 0 unspecified atom stereocenters. The van der Waals surface area contributed by atoms with Crippen LogP contribution in [0.5, 0.6) is 0 Å². The Morgan fingerprint density at radius 2 is 0.579 bits per heavy atom. The molecule has 0 N–H and O–H groups in total. The topological polar surface area (TPSA) is 78.9 Å². The summed E-state index contributed by atoms with van der Waals surface area (Å²) in [6.45, 7) is 6.64. The van der Waals surface area contributed by atoms with Crippen molar-refractivity contribution in [3.8, 4) is 0 Å². The quantitative estimate of drug-likeness (QED) is 0.0264. The molecule has 6 nitrogen and oxygen atoms in total. The van der Waals surface area contributed by atoms with E-state index in [1.165, 1.54) is 180 Å². The highest BCUT2D eigenvalue weighted by atomic mass is 16.6. The summed E-state index contributed by atoms with van der Waals surface area (Å²) in [6.07, 6.45) is 50.4. The Bertz CT molecular complexity index is 885. The minimum atomic E-state index is -0.763. The van der Waals surface area contributed by atoms with Crippen molar-refractivity contribution in [2.45, 2.75) is 284 Å². The van der Waals surface area contributed by atoms with Crippen LogP contribution < -0.4 is 0 Å². The molecule has 0 amide bonds. The number of rotatable bonds is 46. The molecule has 0 rings (SSSR count). The normalized spacial score (nSPS) is 12.0. The van der Waals surface area contributed by atoms with E-state index in [-0.39, 0.29) is 31.1 Å². The van der Waals surface area contributed by atoms with Crippen LogP contribution in [0.3, 0.4) is 0 Å². The lowest BCUT2D eigenvalue weighted by Gasteiger charge is -2.18. The Balaban J connectivity index is 4.32. The molecule has 0 spiro atoms. The third-order valence-electron chi connectivity index (χ3n) is 11.3. The molecule has 0 radical (unpaired) electrons. The molecule has 0 saturated heterocycles. The standard InChI is InChI=1S/C51H96O6/c1-4-7-10-13-16-19-22-25-26-27-30-32-35-38-41-44-50(53)56-47-48(57-51(54)45-42-39-36-33-29-24-21-18-15-12-9-6-3)46-55-49(52)43-40-37-34-31-28-23-20-17-14-11-8-5-2/h19,22,48H,4-18,20-21,23-47H2,1-3H3/b22-19-/t48-/m0/s1. The molecule has 0 aliphatic heterocycles. The maximum Gasteiger partial charge on any atom is 0.306 e. The van der Waals surface area contributed by atoms with Crippen molar-refractivity contribution in [3.63, 3.8) is 0 Å². The summed E-state index contributed by atoms with van der Waals surface area (Å²) in [5, 5.41) is 0. The SMILES string of the molecule is CCCCCC/C=C\CCCCCCCCCC(=O)OC[C@H](COC(=O)CCCCCCCCCCCCCC)OC(=O)CCCCCCCCCCCCCC. The molecule has 0 saturated carbocycles. The number of hydrogen-bond acceptors (Lipinski definition) is 6. The van der Waals surface area contributed by atoms with Gasteiger partial charge in [-0.05, 0) is 44.9 Å². The maximum atomic E-state index is 12.7. The van der Waals surface area contributed by atoms with Crippen molar-refractivity contribution in [1.29, 1.82) is 0 Å². The minimum absolute atomic E-state index is 0.0662. The summed E-state index contributed by atoms with van der Waals surface area (Å²) in [6, 6.07) is 0. The van der Waals surface area contributed by atoms with Gasteiger partial charge in [0.2, 0.25) is 0 Å². The van der Waals surface area contributed by atoms with E-state index in [0.717, 1.165) is 57.8 Å². The van der Waals surface area contributed by atoms with Gasteiger partial charge in [0.15, 0.2) is 6.10 Å². The molecule has 0 bridgehead atoms. The number of carbonyl (C=O) groups is 3. The molecular formula is C51H96O6. The maximum absolute atomic E-state index is 12.7. The Labute approximate surface area is 354 Å². The number of hydrogen-bond donors (Lipinski definition) is 0. The van der Waals surface area contributed by atoms with E-state index < -0.39 is 6.10 Å². The molecule has 0 aromatic carbocycles. The summed E-state index contributed by atoms with van der Waals surface area (Å²) in [4.78, 5) is 37.9. The van der Waals surface area contributed by atoms with Gasteiger partial charge in [0.25, 0.3) is 0 Å². The third kappa shape index (κ3) is 45.1. The van der Waals surface area contributed by atoms with Gasteiger partial charge in [0, 0.05) is 19.3 Å². The highest BCUT2D eigenvalue weighted by Gasteiger charge is 2.19. The van der Waals surface area contributed by atoms with Crippen LogP contribution in [0.15, 0.2) is 12.2 Å². The van der Waals surface area contributed by atoms with Gasteiger partial charge in [-0.2, -0.15) is 0 Å². The summed E-state index contributed by atoms with van der Waals surface area (Å²) in [5.74, 6) is -0.857. The van der Waals surface area contributed by atoms with E-state index >= 15 is 0 Å². The lowest BCUT2D eigenvalue weighted by Crippen LogP contribution is -2.30. The third-order valence-corrected chi connectivity index (χ3v) is 11.3. The number of unbranched alkanes of at least 4 members (excludes halogenated alkanes) is 33. The average molecular weight is 805 g/mol. The Morgan fingerprint density at radius 1 is 0.333 bits per heavy atom. The fourth-order valence-electron chi connectivity index (χ4n) is 7.44. The largest absolute Gasteiger partial charge is 0.462 e. The van der Waals surface area contributed by atoms with Crippen LogP contribution in [0.4, 0.5) is 0 Å². The van der Waals surface area contributed by atoms with Crippen LogP contribution in [0, 0.1) is 0 Å². The lowest BCUT2D eigenvalue weighted by atomic mass is 10.0. The van der Waals surface area contributed by atoms with E-state index in [0.29, 0.717) is 19.3 Å². The number of ether oxygens (including phenoxy) is 3. The highest BCUT2D eigenvalue weighted by molar-refractivity contribution is 5.71. The second-order valence-electron chi connectivity index (χ2n) is 17.1. The van der Waals surface area contributed by atoms with E-state index in [2.05, 4.69) is 32.9 Å². The zero-order valence-corrected chi connectivity index (χ0v) is 38.4. The van der Waals surface area contributed by atoms with Gasteiger partial charge in [0.05, 0.1) is 0 Å². The van der Waals surface area contributed by atoms with Gasteiger partial charge < -0.3 is 14.2 Å². The Kier molecular flexibility index (Phi) is 45.3. The van der Waals surface area contributed by atoms with Crippen molar-refractivity contribution < 1.29 is 28.6 Å². The summed E-state index contributed by atoms with van der Waals surface area (Å²) in [5.41, 5.74) is 0. The monoisotopic (exact) mass is 805 g/mol. The van der Waals surface area contributed by atoms with E-state index in [9.17, 15) is 14.4 Å². The first-order valence-corrected chi connectivity index (χ1v) is 25.2. The summed E-state index contributed by atoms with van der Waals surface area (Å²) < 4.78 is 16.8. The summed E-state index contributed by atoms with van der Waals surface area (Å²) >= 11 is 0. The van der Waals surface area contributed by atoms with Gasteiger partial charge in [-0.1, -0.05) is 226 Å². The second-order valence-corrected chi connectivity index (χ2v) is 17.1. The lowest BCUT2D eigenvalue weighted by molar-refractivity contribution is -0.167. The first-order chi connectivity index (χ1) is 28.0. The molecule has 0 aromatic heterocycles. The average Bonchev–Trinajstić information content (AvgIpc) is 3.21. The molecule has 0 heterocycles. The van der Waals surface area contributed by atoms with E-state index in [1.54, 1.807) is 0 Å². The fraction of sp³-hybridized carbons (Fsp3) is 0.902. The van der Waals surface area contributed by atoms with E-state index in [4.69, 9.17) is 14.2 Å². The highest BCUT2D eigenvalue weighted by Crippen LogP contribution is 2.16. The predicted molar refractivity (Wildman–Crippen MR) is 243 cm³/mol. The zero-order chi connectivity index (χ0) is 41.5. The van der Waals surface area contributed by atoms with Crippen molar-refractivity contribution in [1.82, 2.24) is 0 Å². The second kappa shape index (κ2) is 46.8. The predicted octanol–water partition coefficient (Wildman–Crippen LogP) is 16.2. The Morgan fingerprint density at radius 3 is 0.895 bits per heavy atom. The van der Waals surface area contributed by atoms with Gasteiger partial charge in [-0.25, -0.2) is 0 Å². The molecule has 0 aliphatic carbocycles. The first-order valence-electron chi connectivity index (χ1n) is 25.2. The molecule has 0 fully saturated rings. The summed E-state index contributed by atoms with van der Waals surface area (Å²) in [7, 11) is 0. The molecule has 1 atom stereocenters. The van der Waals surface area contributed by atoms with Crippen LogP contribution in [0.25, 0.3) is 0 Å². The molecule has 6 heteroatoms. The van der Waals surface area contributed by atoms with Crippen molar-refractivity contribution in [3.05, 3.63) is 12.2 Å². The van der Waals surface area contributed by atoms with E-state index in [1.807, 2.05) is 0 Å². The van der Waals surface area contributed by atoms with Gasteiger partial charge in [-0.3, -0.25) is 14.4 Å². The first kappa shape index (κ1) is 55.2. The van der Waals surface area contributed by atoms with Gasteiger partial charge in [-0.15, -0.1) is 0 Å². The van der Waals surface area contributed by atoms with Crippen LogP contribution in [0.1, 0.15) is 278 Å². The fourth-order valence-corrected chi connectivity index (χ4v) is 7.44. The molecule has 336 valence electrons. The number of esters is 3. The van der Waals surface area contributed by atoms with Crippen LogP contribution in [-0.2, 0) is 28.6 Å². The van der Waals surface area contributed by atoms with Crippen LogP contribution >= 0.6 is 0 Å². The van der Waals surface area contributed by atoms with Gasteiger partial charge in [0.1, 0.15) is 13.2 Å².